The van der Waals surface area contributed by atoms with Gasteiger partial charge in [-0.15, -0.1) is 0 Å². The summed E-state index contributed by atoms with van der Waals surface area (Å²) in [5.41, 5.74) is 2.83. The zero-order valence-corrected chi connectivity index (χ0v) is 10.2. The maximum atomic E-state index is 12.1. The summed E-state index contributed by atoms with van der Waals surface area (Å²) in [4.78, 5) is 14.2. The second kappa shape index (κ2) is 3.93. The first-order valence-electron chi connectivity index (χ1n) is 5.43. The molecule has 1 aliphatic rings. The quantitative estimate of drug-likeness (QED) is 0.761. The fourth-order valence-corrected chi connectivity index (χ4v) is 3.02. The molecule has 1 aliphatic heterocycles. The van der Waals surface area contributed by atoms with Crippen LogP contribution < -0.4 is 5.32 Å². The lowest BCUT2D eigenvalue weighted by atomic mass is 10.2. The molecule has 0 saturated heterocycles. The molecule has 3 rings (SSSR count). The molecule has 2 aromatic rings. The van der Waals surface area contributed by atoms with Crippen LogP contribution in [-0.2, 0) is 0 Å². The Kier molecular flexibility index (Phi) is 2.41. The van der Waals surface area contributed by atoms with Crippen molar-refractivity contribution in [3.8, 4) is 0 Å². The van der Waals surface area contributed by atoms with Crippen molar-refractivity contribution in [2.75, 3.05) is 5.32 Å². The van der Waals surface area contributed by atoms with E-state index in [2.05, 4.69) is 18.3 Å². The molecule has 0 aromatic heterocycles. The number of rotatable bonds is 0. The van der Waals surface area contributed by atoms with E-state index >= 15 is 0 Å². The van der Waals surface area contributed by atoms with Crippen LogP contribution in [0.2, 0.25) is 0 Å². The van der Waals surface area contributed by atoms with Crippen LogP contribution in [0, 0.1) is 6.92 Å². The molecule has 84 valence electrons. The number of hydrogen-bond acceptors (Lipinski definition) is 2. The van der Waals surface area contributed by atoms with Crippen molar-refractivity contribution in [3.63, 3.8) is 0 Å². The third-order valence-corrected chi connectivity index (χ3v) is 4.13. The maximum absolute atomic E-state index is 12.1. The zero-order valence-electron chi connectivity index (χ0n) is 9.36. The van der Waals surface area contributed by atoms with Gasteiger partial charge < -0.3 is 5.32 Å². The Morgan fingerprint density at radius 3 is 2.76 bits per heavy atom. The van der Waals surface area contributed by atoms with Crippen molar-refractivity contribution in [3.05, 3.63) is 53.6 Å². The van der Waals surface area contributed by atoms with Crippen LogP contribution in [0.3, 0.4) is 0 Å². The number of hydrogen-bond donors (Lipinski definition) is 1. The van der Waals surface area contributed by atoms with Gasteiger partial charge in [0.25, 0.3) is 5.91 Å². The fraction of sp³-hybridized carbons (Fsp3) is 0.0714. The number of nitrogens with one attached hydrogen (secondary N) is 1. The highest BCUT2D eigenvalue weighted by molar-refractivity contribution is 7.99. The predicted octanol–water partition coefficient (Wildman–Crippen LogP) is 3.71. The Morgan fingerprint density at radius 1 is 1.06 bits per heavy atom. The van der Waals surface area contributed by atoms with Crippen molar-refractivity contribution in [1.29, 1.82) is 0 Å². The Hall–Kier alpha value is -1.74. The van der Waals surface area contributed by atoms with E-state index in [1.54, 1.807) is 11.8 Å². The molecule has 0 bridgehead atoms. The lowest BCUT2D eigenvalue weighted by Crippen LogP contribution is -2.11. The van der Waals surface area contributed by atoms with Gasteiger partial charge in [0, 0.05) is 9.79 Å². The number of aryl methyl sites for hydroxylation is 1. The molecule has 1 N–H and O–H groups in total. The van der Waals surface area contributed by atoms with Crippen LogP contribution in [-0.4, -0.2) is 5.91 Å². The van der Waals surface area contributed by atoms with Gasteiger partial charge in [-0.25, -0.2) is 0 Å². The zero-order chi connectivity index (χ0) is 11.8. The van der Waals surface area contributed by atoms with E-state index in [1.807, 2.05) is 36.4 Å². The molecule has 1 heterocycles. The summed E-state index contributed by atoms with van der Waals surface area (Å²) in [6.07, 6.45) is 0. The summed E-state index contributed by atoms with van der Waals surface area (Å²) >= 11 is 1.65. The highest BCUT2D eigenvalue weighted by Gasteiger charge is 2.19. The summed E-state index contributed by atoms with van der Waals surface area (Å²) in [6, 6.07) is 13.7. The molecule has 0 atom stereocenters. The minimum Gasteiger partial charge on any atom is -0.321 e. The molecule has 1 amide bonds. The van der Waals surface area contributed by atoms with E-state index in [0.717, 1.165) is 21.0 Å². The molecular weight excluding hydrogens is 230 g/mol. The molecular formula is C14H11NOS. The highest BCUT2D eigenvalue weighted by atomic mass is 32.2. The molecule has 0 aliphatic carbocycles. The fourth-order valence-electron chi connectivity index (χ4n) is 1.93. The lowest BCUT2D eigenvalue weighted by molar-refractivity contribution is 0.102. The topological polar surface area (TPSA) is 29.1 Å². The van der Waals surface area contributed by atoms with Crippen LogP contribution in [0.4, 0.5) is 5.69 Å². The normalized spacial score (nSPS) is 13.4. The van der Waals surface area contributed by atoms with Gasteiger partial charge in [-0.2, -0.15) is 0 Å². The smallest absolute Gasteiger partial charge is 0.256 e. The molecule has 17 heavy (non-hydrogen) atoms. The van der Waals surface area contributed by atoms with Crippen LogP contribution in [0.25, 0.3) is 0 Å². The van der Waals surface area contributed by atoms with Crippen molar-refractivity contribution >= 4 is 23.4 Å². The summed E-state index contributed by atoms with van der Waals surface area (Å²) in [5.74, 6) is -0.0301. The molecule has 2 aromatic carbocycles. The standard InChI is InChI=1S/C14H11NOS/c1-9-5-4-7-11-13(9)17-12-8-3-2-6-10(12)14(16)15-11/h2-8H,1H3,(H,15,16). The third-order valence-electron chi connectivity index (χ3n) is 2.80. The number of fused-ring (bicyclic) bond motifs is 2. The van der Waals surface area contributed by atoms with Crippen molar-refractivity contribution < 1.29 is 4.79 Å². The molecule has 3 heteroatoms. The second-order valence-corrected chi connectivity index (χ2v) is 5.06. The SMILES string of the molecule is Cc1cccc2c1Sc1ccccc1C(=O)N2. The first-order valence-corrected chi connectivity index (χ1v) is 6.25. The lowest BCUT2D eigenvalue weighted by Gasteiger charge is -2.08. The number of anilines is 1. The van der Waals surface area contributed by atoms with E-state index in [9.17, 15) is 4.79 Å². The average Bonchev–Trinajstić information content (AvgIpc) is 2.47. The second-order valence-electron chi connectivity index (χ2n) is 4.00. The van der Waals surface area contributed by atoms with Gasteiger partial charge in [0.05, 0.1) is 11.3 Å². The van der Waals surface area contributed by atoms with Gasteiger partial charge in [-0.1, -0.05) is 36.0 Å². The molecule has 0 spiro atoms. The Balaban J connectivity index is 2.21. The Bertz CT molecular complexity index is 607. The first kappa shape index (κ1) is 10.4. The largest absolute Gasteiger partial charge is 0.321 e. The van der Waals surface area contributed by atoms with Crippen molar-refractivity contribution in [1.82, 2.24) is 0 Å². The van der Waals surface area contributed by atoms with E-state index < -0.39 is 0 Å². The summed E-state index contributed by atoms with van der Waals surface area (Å²) in [7, 11) is 0. The molecule has 0 fully saturated rings. The number of amides is 1. The predicted molar refractivity (Wildman–Crippen MR) is 69.7 cm³/mol. The maximum Gasteiger partial charge on any atom is 0.256 e. The number of carbonyl (C=O) groups excluding carboxylic acids is 1. The monoisotopic (exact) mass is 241 g/mol. The average molecular weight is 241 g/mol. The number of carbonyl (C=O) groups is 1. The van der Waals surface area contributed by atoms with Gasteiger partial charge >= 0.3 is 0 Å². The van der Waals surface area contributed by atoms with E-state index in [0.29, 0.717) is 0 Å². The van der Waals surface area contributed by atoms with Crippen molar-refractivity contribution in [2.24, 2.45) is 0 Å². The minimum absolute atomic E-state index is 0.0301. The van der Waals surface area contributed by atoms with E-state index in [-0.39, 0.29) is 5.91 Å². The van der Waals surface area contributed by atoms with Gasteiger partial charge in [-0.05, 0) is 30.7 Å². The van der Waals surface area contributed by atoms with E-state index in [1.165, 1.54) is 5.56 Å². The Morgan fingerprint density at radius 2 is 1.88 bits per heavy atom. The third kappa shape index (κ3) is 1.72. The molecule has 0 radical (unpaired) electrons. The summed E-state index contributed by atoms with van der Waals surface area (Å²) in [5, 5.41) is 2.96. The highest BCUT2D eigenvalue weighted by Crippen LogP contribution is 2.40. The number of benzene rings is 2. The summed E-state index contributed by atoms with van der Waals surface area (Å²) in [6.45, 7) is 2.06. The van der Waals surface area contributed by atoms with Gasteiger partial charge in [0.15, 0.2) is 0 Å². The van der Waals surface area contributed by atoms with Gasteiger partial charge in [0.1, 0.15) is 0 Å². The first-order chi connectivity index (χ1) is 8.25. The summed E-state index contributed by atoms with van der Waals surface area (Å²) < 4.78 is 0. The van der Waals surface area contributed by atoms with Crippen LogP contribution in [0.15, 0.2) is 52.3 Å². The molecule has 2 nitrogen and oxygen atoms in total. The van der Waals surface area contributed by atoms with Crippen molar-refractivity contribution in [2.45, 2.75) is 16.7 Å². The van der Waals surface area contributed by atoms with Gasteiger partial charge in [0.2, 0.25) is 0 Å². The Labute approximate surface area is 104 Å². The van der Waals surface area contributed by atoms with Gasteiger partial charge in [-0.3, -0.25) is 4.79 Å². The van der Waals surface area contributed by atoms with E-state index in [4.69, 9.17) is 0 Å². The van der Waals surface area contributed by atoms with Crippen LogP contribution >= 0.6 is 11.8 Å². The molecule has 0 saturated carbocycles. The molecule has 0 unspecified atom stereocenters. The minimum atomic E-state index is -0.0301. The van der Waals surface area contributed by atoms with Crippen LogP contribution in [0.1, 0.15) is 15.9 Å². The van der Waals surface area contributed by atoms with Crippen LogP contribution in [0.5, 0.6) is 0 Å².